The molecule has 1 aliphatic heterocycles. The number of nitrogens with two attached hydrogens (primary N) is 1. The minimum Gasteiger partial charge on any atom is -0.489 e. The lowest BCUT2D eigenvalue weighted by atomic mass is 9.87. The van der Waals surface area contributed by atoms with Gasteiger partial charge in [0.25, 0.3) is 0 Å². The van der Waals surface area contributed by atoms with Crippen LogP contribution in [-0.2, 0) is 25.0 Å². The third-order valence-corrected chi connectivity index (χ3v) is 7.57. The maximum absolute atomic E-state index is 6.74. The predicted octanol–water partition coefficient (Wildman–Crippen LogP) is 6.42. The highest BCUT2D eigenvalue weighted by molar-refractivity contribution is 5.29. The van der Waals surface area contributed by atoms with Crippen molar-refractivity contribution in [1.29, 1.82) is 0 Å². The molecule has 3 aromatic carbocycles. The number of rotatable bonds is 12. The van der Waals surface area contributed by atoms with Crippen molar-refractivity contribution in [3.63, 3.8) is 0 Å². The molecule has 1 heterocycles. The van der Waals surface area contributed by atoms with Gasteiger partial charge in [-0.05, 0) is 72.2 Å². The van der Waals surface area contributed by atoms with Crippen LogP contribution in [-0.4, -0.2) is 48.6 Å². The third-order valence-electron chi connectivity index (χ3n) is 7.57. The monoisotopic (exact) mass is 513 g/mol. The van der Waals surface area contributed by atoms with E-state index in [4.69, 9.17) is 10.5 Å². The highest BCUT2D eigenvalue weighted by atomic mass is 16.5. The van der Waals surface area contributed by atoms with Gasteiger partial charge in [0.05, 0.1) is 0 Å². The van der Waals surface area contributed by atoms with E-state index in [-0.39, 0.29) is 11.5 Å². The van der Waals surface area contributed by atoms with E-state index in [0.29, 0.717) is 6.61 Å². The Hall–Kier alpha value is -2.66. The SMILES string of the molecule is CC(C)(C)c1ccc(CN(CCN2CCCCC2)CC(N)Cc2ccc(OCc3ccccc3)cc2)cc1. The number of nitrogens with zero attached hydrogens (tertiary/aromatic N) is 2. The molecule has 0 aliphatic carbocycles. The van der Waals surface area contributed by atoms with Gasteiger partial charge in [-0.25, -0.2) is 0 Å². The summed E-state index contributed by atoms with van der Waals surface area (Å²) in [5, 5.41) is 0. The van der Waals surface area contributed by atoms with Crippen molar-refractivity contribution in [2.45, 2.75) is 71.1 Å². The zero-order valence-electron chi connectivity index (χ0n) is 23.7. The van der Waals surface area contributed by atoms with Crippen LogP contribution in [0.1, 0.15) is 62.3 Å². The van der Waals surface area contributed by atoms with Gasteiger partial charge in [-0.2, -0.15) is 0 Å². The smallest absolute Gasteiger partial charge is 0.119 e. The summed E-state index contributed by atoms with van der Waals surface area (Å²) < 4.78 is 5.96. The van der Waals surface area contributed by atoms with Crippen LogP contribution in [0.2, 0.25) is 0 Å². The van der Waals surface area contributed by atoms with E-state index >= 15 is 0 Å². The summed E-state index contributed by atoms with van der Waals surface area (Å²) >= 11 is 0. The van der Waals surface area contributed by atoms with Crippen LogP contribution in [0.15, 0.2) is 78.9 Å². The van der Waals surface area contributed by atoms with Gasteiger partial charge in [0.2, 0.25) is 0 Å². The Labute approximate surface area is 230 Å². The van der Waals surface area contributed by atoms with Crippen molar-refractivity contribution < 1.29 is 4.74 Å². The summed E-state index contributed by atoms with van der Waals surface area (Å²) in [6.07, 6.45) is 4.90. The standard InChI is InChI=1S/C34H47N3O/c1-34(2,3)31-16-12-29(13-17-31)25-37(23-22-36-20-8-5-9-21-36)26-32(35)24-28-14-18-33(19-15-28)38-27-30-10-6-4-7-11-30/h4,6-7,10-19,32H,5,8-9,20-27,35H2,1-3H3. The fourth-order valence-corrected chi connectivity index (χ4v) is 5.23. The first-order chi connectivity index (χ1) is 18.3. The number of hydrogen-bond donors (Lipinski definition) is 1. The molecule has 0 amide bonds. The first kappa shape index (κ1) is 28.4. The number of benzene rings is 3. The van der Waals surface area contributed by atoms with Crippen LogP contribution in [0, 0.1) is 0 Å². The first-order valence-electron chi connectivity index (χ1n) is 14.4. The molecule has 1 atom stereocenters. The van der Waals surface area contributed by atoms with E-state index in [2.05, 4.69) is 91.2 Å². The molecular weight excluding hydrogens is 466 g/mol. The number of piperidine rings is 1. The van der Waals surface area contributed by atoms with E-state index in [0.717, 1.165) is 38.3 Å². The molecular formula is C34H47N3O. The Bertz CT molecular complexity index is 1070. The summed E-state index contributed by atoms with van der Waals surface area (Å²) in [4.78, 5) is 5.18. The number of ether oxygens (including phenoxy) is 1. The van der Waals surface area contributed by atoms with Crippen molar-refractivity contribution in [3.8, 4) is 5.75 Å². The van der Waals surface area contributed by atoms with Gasteiger partial charge >= 0.3 is 0 Å². The minimum atomic E-state index is 0.0845. The van der Waals surface area contributed by atoms with Crippen molar-refractivity contribution in [3.05, 3.63) is 101 Å². The van der Waals surface area contributed by atoms with Gasteiger partial charge in [0.15, 0.2) is 0 Å². The molecule has 0 bridgehead atoms. The molecule has 4 rings (SSSR count). The summed E-state index contributed by atoms with van der Waals surface area (Å²) in [6, 6.07) is 28.0. The zero-order chi connectivity index (χ0) is 26.8. The summed E-state index contributed by atoms with van der Waals surface area (Å²) in [6.45, 7) is 13.9. The van der Waals surface area contributed by atoms with Gasteiger partial charge in [-0.15, -0.1) is 0 Å². The molecule has 4 heteroatoms. The molecule has 1 unspecified atom stereocenters. The molecule has 4 nitrogen and oxygen atoms in total. The topological polar surface area (TPSA) is 41.7 Å². The average Bonchev–Trinajstić information content (AvgIpc) is 2.92. The van der Waals surface area contributed by atoms with Gasteiger partial charge in [-0.3, -0.25) is 4.90 Å². The van der Waals surface area contributed by atoms with Gasteiger partial charge in [0, 0.05) is 32.2 Å². The molecule has 0 aromatic heterocycles. The van der Waals surface area contributed by atoms with Crippen molar-refractivity contribution in [2.75, 3.05) is 32.7 Å². The summed E-state index contributed by atoms with van der Waals surface area (Å²) in [7, 11) is 0. The highest BCUT2D eigenvalue weighted by Gasteiger charge is 2.17. The van der Waals surface area contributed by atoms with Crippen LogP contribution < -0.4 is 10.5 Å². The molecule has 1 saturated heterocycles. The minimum absolute atomic E-state index is 0.0845. The predicted molar refractivity (Wildman–Crippen MR) is 160 cm³/mol. The van der Waals surface area contributed by atoms with Crippen LogP contribution in [0.4, 0.5) is 0 Å². The number of hydrogen-bond acceptors (Lipinski definition) is 4. The fourth-order valence-electron chi connectivity index (χ4n) is 5.23. The third kappa shape index (κ3) is 9.27. The fraction of sp³-hybridized carbons (Fsp3) is 0.471. The van der Waals surface area contributed by atoms with Crippen LogP contribution in [0.5, 0.6) is 5.75 Å². The maximum Gasteiger partial charge on any atom is 0.119 e. The zero-order valence-corrected chi connectivity index (χ0v) is 23.7. The van der Waals surface area contributed by atoms with Crippen LogP contribution in [0.25, 0.3) is 0 Å². The highest BCUT2D eigenvalue weighted by Crippen LogP contribution is 2.23. The lowest BCUT2D eigenvalue weighted by molar-refractivity contribution is 0.172. The molecule has 204 valence electrons. The largest absolute Gasteiger partial charge is 0.489 e. The molecule has 38 heavy (non-hydrogen) atoms. The Morgan fingerprint density at radius 1 is 0.816 bits per heavy atom. The normalized spacial score (nSPS) is 15.5. The Balaban J connectivity index is 1.32. The Morgan fingerprint density at radius 2 is 1.47 bits per heavy atom. The Kier molecular flexibility index (Phi) is 10.4. The molecule has 2 N–H and O–H groups in total. The maximum atomic E-state index is 6.74. The molecule has 0 saturated carbocycles. The second kappa shape index (κ2) is 13.9. The molecule has 3 aromatic rings. The number of likely N-dealkylation sites (tertiary alicyclic amines) is 1. The lowest BCUT2D eigenvalue weighted by Crippen LogP contribution is -2.43. The second-order valence-corrected chi connectivity index (χ2v) is 12.0. The quantitative estimate of drug-likeness (QED) is 0.303. The molecule has 1 fully saturated rings. The van der Waals surface area contributed by atoms with Gasteiger partial charge < -0.3 is 15.4 Å². The van der Waals surface area contributed by atoms with E-state index in [1.807, 2.05) is 18.2 Å². The van der Waals surface area contributed by atoms with E-state index in [1.165, 1.54) is 54.6 Å². The average molecular weight is 514 g/mol. The summed E-state index contributed by atoms with van der Waals surface area (Å²) in [5.74, 6) is 0.896. The van der Waals surface area contributed by atoms with Crippen molar-refractivity contribution >= 4 is 0 Å². The van der Waals surface area contributed by atoms with E-state index < -0.39 is 0 Å². The molecule has 1 aliphatic rings. The lowest BCUT2D eigenvalue weighted by Gasteiger charge is -2.31. The van der Waals surface area contributed by atoms with Gasteiger partial charge in [0.1, 0.15) is 12.4 Å². The second-order valence-electron chi connectivity index (χ2n) is 12.0. The summed E-state index contributed by atoms with van der Waals surface area (Å²) in [5.41, 5.74) is 12.1. The molecule has 0 spiro atoms. The van der Waals surface area contributed by atoms with Crippen LogP contribution >= 0.6 is 0 Å². The first-order valence-corrected chi connectivity index (χ1v) is 14.4. The van der Waals surface area contributed by atoms with E-state index in [9.17, 15) is 0 Å². The van der Waals surface area contributed by atoms with Crippen LogP contribution in [0.3, 0.4) is 0 Å². The molecule has 0 radical (unpaired) electrons. The van der Waals surface area contributed by atoms with Gasteiger partial charge in [-0.1, -0.05) is 93.9 Å². The van der Waals surface area contributed by atoms with Crippen molar-refractivity contribution in [2.24, 2.45) is 5.73 Å². The van der Waals surface area contributed by atoms with Crippen molar-refractivity contribution in [1.82, 2.24) is 9.80 Å². The Morgan fingerprint density at radius 3 is 2.13 bits per heavy atom. The van der Waals surface area contributed by atoms with E-state index in [1.54, 1.807) is 0 Å².